The van der Waals surface area contributed by atoms with Gasteiger partial charge in [0.1, 0.15) is 5.69 Å². The molecule has 4 nitrogen and oxygen atoms in total. The quantitative estimate of drug-likeness (QED) is 0.820. The van der Waals surface area contributed by atoms with Crippen LogP contribution in [-0.4, -0.2) is 33.3 Å². The Labute approximate surface area is 98.5 Å². The van der Waals surface area contributed by atoms with Crippen LogP contribution in [0.5, 0.6) is 0 Å². The second-order valence-corrected chi connectivity index (χ2v) is 4.47. The van der Waals surface area contributed by atoms with Crippen molar-refractivity contribution in [2.24, 2.45) is 0 Å². The zero-order valence-electron chi connectivity index (χ0n) is 9.73. The predicted molar refractivity (Wildman–Crippen MR) is 65.1 cm³/mol. The molecule has 0 aliphatic carbocycles. The molecule has 1 amide bonds. The Morgan fingerprint density at radius 1 is 1.50 bits per heavy atom. The van der Waals surface area contributed by atoms with Crippen molar-refractivity contribution in [2.75, 3.05) is 13.1 Å². The fraction of sp³-hybridized carbons (Fsp3) is 0.455. The van der Waals surface area contributed by atoms with Gasteiger partial charge in [0, 0.05) is 30.4 Å². The molecule has 2 aromatic rings. The SMILES string of the molecule is CCN(CC)C(=O)c1cn2c(C)csc2n1. The van der Waals surface area contributed by atoms with E-state index in [0.717, 1.165) is 23.7 Å². The smallest absolute Gasteiger partial charge is 0.274 e. The molecular formula is C11H15N3OS. The number of carbonyl (C=O) groups excluding carboxylic acids is 1. The molecule has 2 heterocycles. The van der Waals surface area contributed by atoms with Gasteiger partial charge in [0.15, 0.2) is 4.96 Å². The molecule has 86 valence electrons. The fourth-order valence-electron chi connectivity index (χ4n) is 1.67. The fourth-order valence-corrected chi connectivity index (χ4v) is 2.52. The number of aromatic nitrogens is 2. The Hall–Kier alpha value is -1.36. The third kappa shape index (κ3) is 1.71. The third-order valence-electron chi connectivity index (χ3n) is 2.66. The van der Waals surface area contributed by atoms with Crippen molar-refractivity contribution in [1.82, 2.24) is 14.3 Å². The molecule has 0 bridgehead atoms. The van der Waals surface area contributed by atoms with Gasteiger partial charge in [-0.15, -0.1) is 11.3 Å². The summed E-state index contributed by atoms with van der Waals surface area (Å²) in [6, 6.07) is 0. The van der Waals surface area contributed by atoms with Crippen LogP contribution in [0.25, 0.3) is 4.96 Å². The lowest BCUT2D eigenvalue weighted by atomic mass is 10.4. The average Bonchev–Trinajstić information content (AvgIpc) is 2.83. The molecule has 0 atom stereocenters. The highest BCUT2D eigenvalue weighted by Crippen LogP contribution is 2.16. The summed E-state index contributed by atoms with van der Waals surface area (Å²) in [6.45, 7) is 7.41. The van der Waals surface area contributed by atoms with Crippen LogP contribution < -0.4 is 0 Å². The first kappa shape index (κ1) is 11.1. The topological polar surface area (TPSA) is 37.6 Å². The standard InChI is InChI=1S/C11H15N3OS/c1-4-13(5-2)10(15)9-6-14-8(3)7-16-11(14)12-9/h6-7H,4-5H2,1-3H3. The van der Waals surface area contributed by atoms with Crippen molar-refractivity contribution >= 4 is 22.2 Å². The molecule has 5 heteroatoms. The highest BCUT2D eigenvalue weighted by molar-refractivity contribution is 7.15. The molecule has 2 aromatic heterocycles. The largest absolute Gasteiger partial charge is 0.338 e. The zero-order valence-corrected chi connectivity index (χ0v) is 10.5. The zero-order chi connectivity index (χ0) is 11.7. The van der Waals surface area contributed by atoms with E-state index in [-0.39, 0.29) is 5.91 Å². The first-order valence-corrected chi connectivity index (χ1v) is 6.27. The van der Waals surface area contributed by atoms with Gasteiger partial charge in [-0.1, -0.05) is 0 Å². The molecule has 0 unspecified atom stereocenters. The summed E-state index contributed by atoms with van der Waals surface area (Å²) in [5.41, 5.74) is 1.66. The van der Waals surface area contributed by atoms with Crippen LogP contribution in [0.3, 0.4) is 0 Å². The summed E-state index contributed by atoms with van der Waals surface area (Å²) < 4.78 is 1.96. The minimum Gasteiger partial charge on any atom is -0.338 e. The second-order valence-electron chi connectivity index (χ2n) is 3.63. The van der Waals surface area contributed by atoms with Gasteiger partial charge in [0.2, 0.25) is 0 Å². The Balaban J connectivity index is 2.36. The number of nitrogens with zero attached hydrogens (tertiary/aromatic N) is 3. The second kappa shape index (κ2) is 4.25. The predicted octanol–water partition coefficient (Wildman–Crippen LogP) is 2.19. The van der Waals surface area contributed by atoms with Gasteiger partial charge in [-0.25, -0.2) is 4.98 Å². The van der Waals surface area contributed by atoms with Crippen LogP contribution in [0, 0.1) is 6.92 Å². The lowest BCUT2D eigenvalue weighted by Gasteiger charge is -2.16. The van der Waals surface area contributed by atoms with E-state index in [9.17, 15) is 4.79 Å². The monoisotopic (exact) mass is 237 g/mol. The number of thiazole rings is 1. The Kier molecular flexibility index (Phi) is 2.96. The van der Waals surface area contributed by atoms with E-state index in [1.807, 2.05) is 36.7 Å². The summed E-state index contributed by atoms with van der Waals surface area (Å²) in [4.78, 5) is 19.0. The minimum atomic E-state index is 0.0142. The van der Waals surface area contributed by atoms with Gasteiger partial charge in [-0.2, -0.15) is 0 Å². The van der Waals surface area contributed by atoms with Crippen molar-refractivity contribution in [3.05, 3.63) is 23.0 Å². The van der Waals surface area contributed by atoms with Crippen LogP contribution in [0.2, 0.25) is 0 Å². The van der Waals surface area contributed by atoms with E-state index < -0.39 is 0 Å². The summed E-state index contributed by atoms with van der Waals surface area (Å²) >= 11 is 1.56. The Morgan fingerprint density at radius 2 is 2.19 bits per heavy atom. The number of fused-ring (bicyclic) bond motifs is 1. The van der Waals surface area contributed by atoms with Gasteiger partial charge >= 0.3 is 0 Å². The molecule has 0 spiro atoms. The van der Waals surface area contributed by atoms with Gasteiger partial charge in [0.25, 0.3) is 5.91 Å². The highest BCUT2D eigenvalue weighted by atomic mass is 32.1. The van der Waals surface area contributed by atoms with Crippen LogP contribution in [0.15, 0.2) is 11.6 Å². The molecule has 0 N–H and O–H groups in total. The van der Waals surface area contributed by atoms with E-state index in [1.165, 1.54) is 0 Å². The van der Waals surface area contributed by atoms with Crippen molar-refractivity contribution in [1.29, 1.82) is 0 Å². The lowest BCUT2D eigenvalue weighted by Crippen LogP contribution is -2.30. The number of aryl methyl sites for hydroxylation is 1. The molecule has 0 radical (unpaired) electrons. The Bertz CT molecular complexity index is 510. The maximum absolute atomic E-state index is 12.0. The first-order valence-electron chi connectivity index (χ1n) is 5.39. The highest BCUT2D eigenvalue weighted by Gasteiger charge is 2.16. The van der Waals surface area contributed by atoms with Crippen molar-refractivity contribution in [3.63, 3.8) is 0 Å². The van der Waals surface area contributed by atoms with E-state index in [2.05, 4.69) is 4.98 Å². The summed E-state index contributed by atoms with van der Waals surface area (Å²) in [5.74, 6) is 0.0142. The number of hydrogen-bond acceptors (Lipinski definition) is 3. The molecule has 0 saturated heterocycles. The van der Waals surface area contributed by atoms with Crippen molar-refractivity contribution in [2.45, 2.75) is 20.8 Å². The third-order valence-corrected chi connectivity index (χ3v) is 3.62. The lowest BCUT2D eigenvalue weighted by molar-refractivity contribution is 0.0768. The molecule has 2 rings (SSSR count). The van der Waals surface area contributed by atoms with Crippen LogP contribution in [0.4, 0.5) is 0 Å². The summed E-state index contributed by atoms with van der Waals surface area (Å²) in [6.07, 6.45) is 1.82. The maximum atomic E-state index is 12.0. The number of hydrogen-bond donors (Lipinski definition) is 0. The number of rotatable bonds is 3. The molecule has 0 aliphatic heterocycles. The van der Waals surface area contributed by atoms with Gasteiger partial charge in [0.05, 0.1) is 0 Å². The number of carbonyl (C=O) groups is 1. The molecule has 0 aromatic carbocycles. The van der Waals surface area contributed by atoms with Gasteiger partial charge < -0.3 is 4.90 Å². The maximum Gasteiger partial charge on any atom is 0.274 e. The van der Waals surface area contributed by atoms with Crippen LogP contribution in [-0.2, 0) is 0 Å². The van der Waals surface area contributed by atoms with E-state index >= 15 is 0 Å². The molecule has 16 heavy (non-hydrogen) atoms. The summed E-state index contributed by atoms with van der Waals surface area (Å²) in [5, 5.41) is 2.04. The van der Waals surface area contributed by atoms with Crippen LogP contribution >= 0.6 is 11.3 Å². The normalized spacial score (nSPS) is 10.9. The molecule has 0 aliphatic rings. The first-order chi connectivity index (χ1) is 7.67. The number of imidazole rings is 1. The van der Waals surface area contributed by atoms with Gasteiger partial charge in [-0.05, 0) is 20.8 Å². The molecule has 0 saturated carbocycles. The summed E-state index contributed by atoms with van der Waals surface area (Å²) in [7, 11) is 0. The average molecular weight is 237 g/mol. The minimum absolute atomic E-state index is 0.0142. The van der Waals surface area contributed by atoms with E-state index in [0.29, 0.717) is 5.69 Å². The molecule has 0 fully saturated rings. The van der Waals surface area contributed by atoms with Crippen molar-refractivity contribution < 1.29 is 4.79 Å². The van der Waals surface area contributed by atoms with E-state index in [4.69, 9.17) is 0 Å². The van der Waals surface area contributed by atoms with Crippen LogP contribution in [0.1, 0.15) is 30.0 Å². The van der Waals surface area contributed by atoms with Crippen molar-refractivity contribution in [3.8, 4) is 0 Å². The van der Waals surface area contributed by atoms with E-state index in [1.54, 1.807) is 16.2 Å². The van der Waals surface area contributed by atoms with Gasteiger partial charge in [-0.3, -0.25) is 9.20 Å². The molecular weight excluding hydrogens is 222 g/mol. The Morgan fingerprint density at radius 3 is 2.75 bits per heavy atom. The number of amides is 1.